The quantitative estimate of drug-likeness (QED) is 0.226. The van der Waals surface area contributed by atoms with Crippen LogP contribution in [0, 0.1) is 10.1 Å². The molecule has 8 nitrogen and oxygen atoms in total. The Morgan fingerprint density at radius 1 is 0.938 bits per heavy atom. The Morgan fingerprint density at radius 3 is 2.56 bits per heavy atom. The van der Waals surface area contributed by atoms with Gasteiger partial charge in [0, 0.05) is 23.1 Å². The maximum Gasteiger partial charge on any atom is 0.307 e. The van der Waals surface area contributed by atoms with E-state index >= 15 is 0 Å². The predicted molar refractivity (Wildman–Crippen MR) is 120 cm³/mol. The van der Waals surface area contributed by atoms with Crippen LogP contribution in [-0.4, -0.2) is 17.0 Å². The second-order valence-electron chi connectivity index (χ2n) is 7.01. The normalized spacial score (nSPS) is 11.4. The molecule has 1 amide bonds. The highest BCUT2D eigenvalue weighted by molar-refractivity contribution is 6.08. The summed E-state index contributed by atoms with van der Waals surface area (Å²) in [5, 5.41) is 17.6. The number of benzene rings is 3. The summed E-state index contributed by atoms with van der Waals surface area (Å²) < 4.78 is 11.3. The highest BCUT2D eigenvalue weighted by atomic mass is 16.6. The number of carbonyl (C=O) groups excluding carboxylic acids is 1. The molecule has 8 heteroatoms. The maximum atomic E-state index is 12.4. The summed E-state index contributed by atoms with van der Waals surface area (Å²) in [6.45, 7) is 0. The zero-order valence-electron chi connectivity index (χ0n) is 16.5. The summed E-state index contributed by atoms with van der Waals surface area (Å²) in [5.74, 6) is 0.606. The van der Waals surface area contributed by atoms with Crippen molar-refractivity contribution in [1.82, 2.24) is 5.43 Å². The lowest BCUT2D eigenvalue weighted by Gasteiger charge is -1.96. The first-order chi connectivity index (χ1) is 15.6. The number of hydrazone groups is 1. The van der Waals surface area contributed by atoms with E-state index in [1.165, 1.54) is 18.3 Å². The summed E-state index contributed by atoms with van der Waals surface area (Å²) in [4.78, 5) is 22.7. The molecule has 0 saturated heterocycles. The molecule has 0 atom stereocenters. The van der Waals surface area contributed by atoms with Gasteiger partial charge in [-0.15, -0.1) is 0 Å². The van der Waals surface area contributed by atoms with Crippen LogP contribution < -0.4 is 5.43 Å². The van der Waals surface area contributed by atoms with Gasteiger partial charge in [0.1, 0.15) is 17.1 Å². The summed E-state index contributed by atoms with van der Waals surface area (Å²) in [6.07, 6.45) is 1.37. The van der Waals surface area contributed by atoms with Crippen molar-refractivity contribution < 1.29 is 18.6 Å². The van der Waals surface area contributed by atoms with Crippen molar-refractivity contribution >= 4 is 39.6 Å². The number of nitrogens with zero attached hydrogens (tertiary/aromatic N) is 2. The number of amides is 1. The van der Waals surface area contributed by atoms with Crippen molar-refractivity contribution in [3.63, 3.8) is 0 Å². The minimum atomic E-state index is -0.483. The van der Waals surface area contributed by atoms with Gasteiger partial charge in [-0.1, -0.05) is 30.3 Å². The minimum absolute atomic E-state index is 0.00314. The van der Waals surface area contributed by atoms with E-state index in [-0.39, 0.29) is 11.4 Å². The van der Waals surface area contributed by atoms with Gasteiger partial charge in [0.05, 0.1) is 11.1 Å². The molecule has 0 aliphatic carbocycles. The summed E-state index contributed by atoms with van der Waals surface area (Å²) in [7, 11) is 0. The SMILES string of the molecule is O=C(N/N=C/c1ccc(-c2ccc([N+](=O)[O-])cc2)o1)c1cc2c(ccc3ccccc32)o1. The van der Waals surface area contributed by atoms with Crippen LogP contribution in [-0.2, 0) is 0 Å². The van der Waals surface area contributed by atoms with E-state index < -0.39 is 10.8 Å². The molecule has 156 valence electrons. The number of nitro benzene ring substituents is 1. The fourth-order valence-corrected chi connectivity index (χ4v) is 3.44. The van der Waals surface area contributed by atoms with Crippen LogP contribution in [0.25, 0.3) is 33.1 Å². The van der Waals surface area contributed by atoms with E-state index in [4.69, 9.17) is 8.83 Å². The molecule has 2 heterocycles. The molecule has 0 bridgehead atoms. The van der Waals surface area contributed by atoms with Gasteiger partial charge in [0.2, 0.25) is 0 Å². The van der Waals surface area contributed by atoms with Crippen molar-refractivity contribution in [1.29, 1.82) is 0 Å². The van der Waals surface area contributed by atoms with Crippen LogP contribution in [0.15, 0.2) is 92.8 Å². The fraction of sp³-hybridized carbons (Fsp3) is 0. The highest BCUT2D eigenvalue weighted by Crippen LogP contribution is 2.28. The van der Waals surface area contributed by atoms with Gasteiger partial charge in [0.15, 0.2) is 5.76 Å². The molecule has 0 fully saturated rings. The lowest BCUT2D eigenvalue weighted by Crippen LogP contribution is -2.16. The van der Waals surface area contributed by atoms with E-state index in [1.54, 1.807) is 30.3 Å². The molecule has 0 saturated carbocycles. The number of fused-ring (bicyclic) bond motifs is 3. The average Bonchev–Trinajstić information content (AvgIpc) is 3.46. The maximum absolute atomic E-state index is 12.4. The van der Waals surface area contributed by atoms with E-state index in [2.05, 4.69) is 10.5 Å². The number of carbonyl (C=O) groups is 1. The number of nitro groups is 1. The molecular formula is C24H15N3O5. The third kappa shape index (κ3) is 3.61. The molecule has 0 unspecified atom stereocenters. The molecule has 5 aromatic rings. The molecule has 0 spiro atoms. The second-order valence-corrected chi connectivity index (χ2v) is 7.01. The standard InChI is InChI=1S/C24H15N3O5/c28-24(23-13-20-19-4-2-1-3-15(19)7-11-22(20)32-23)26-25-14-18-10-12-21(31-18)16-5-8-17(9-6-16)27(29)30/h1-14H,(H,26,28)/b25-14+. The first kappa shape index (κ1) is 19.3. The lowest BCUT2D eigenvalue weighted by molar-refractivity contribution is -0.384. The van der Waals surface area contributed by atoms with Gasteiger partial charge in [-0.3, -0.25) is 14.9 Å². The first-order valence-corrected chi connectivity index (χ1v) is 9.68. The largest absolute Gasteiger partial charge is 0.455 e. The monoisotopic (exact) mass is 425 g/mol. The number of rotatable bonds is 5. The molecular weight excluding hydrogens is 410 g/mol. The van der Waals surface area contributed by atoms with Crippen LogP contribution in [0.2, 0.25) is 0 Å². The van der Waals surface area contributed by atoms with E-state index in [9.17, 15) is 14.9 Å². The number of hydrogen-bond donors (Lipinski definition) is 1. The summed E-state index contributed by atoms with van der Waals surface area (Å²) in [6, 6.07) is 22.8. The number of nitrogens with one attached hydrogen (secondary N) is 1. The minimum Gasteiger partial charge on any atom is -0.455 e. The Balaban J connectivity index is 1.29. The Kier molecular flexibility index (Phi) is 4.72. The van der Waals surface area contributed by atoms with Crippen molar-refractivity contribution in [2.45, 2.75) is 0 Å². The van der Waals surface area contributed by atoms with E-state index in [1.807, 2.05) is 36.4 Å². The Morgan fingerprint density at radius 2 is 1.75 bits per heavy atom. The molecule has 2 aromatic heterocycles. The summed E-state index contributed by atoms with van der Waals surface area (Å²) in [5.41, 5.74) is 3.74. The molecule has 3 aromatic carbocycles. The second kappa shape index (κ2) is 7.84. The third-order valence-corrected chi connectivity index (χ3v) is 5.00. The van der Waals surface area contributed by atoms with Crippen molar-refractivity contribution in [2.24, 2.45) is 5.10 Å². The number of non-ortho nitro benzene ring substituents is 1. The topological polar surface area (TPSA) is 111 Å². The Bertz CT molecular complexity index is 1500. The third-order valence-electron chi connectivity index (χ3n) is 5.00. The number of furan rings is 2. The van der Waals surface area contributed by atoms with Gasteiger partial charge in [-0.05, 0) is 47.2 Å². The van der Waals surface area contributed by atoms with Crippen molar-refractivity contribution in [3.05, 3.63) is 100 Å². The van der Waals surface area contributed by atoms with Gasteiger partial charge in [0.25, 0.3) is 5.69 Å². The zero-order valence-corrected chi connectivity index (χ0v) is 16.5. The first-order valence-electron chi connectivity index (χ1n) is 9.68. The lowest BCUT2D eigenvalue weighted by atomic mass is 10.1. The van der Waals surface area contributed by atoms with Gasteiger partial charge < -0.3 is 8.83 Å². The van der Waals surface area contributed by atoms with Crippen LogP contribution >= 0.6 is 0 Å². The highest BCUT2D eigenvalue weighted by Gasteiger charge is 2.13. The van der Waals surface area contributed by atoms with E-state index in [0.717, 1.165) is 16.2 Å². The Labute approximate surface area is 180 Å². The van der Waals surface area contributed by atoms with Gasteiger partial charge in [-0.25, -0.2) is 5.43 Å². The average molecular weight is 425 g/mol. The van der Waals surface area contributed by atoms with E-state index in [0.29, 0.717) is 22.7 Å². The fourth-order valence-electron chi connectivity index (χ4n) is 3.44. The van der Waals surface area contributed by atoms with Crippen LogP contribution in [0.5, 0.6) is 0 Å². The summed E-state index contributed by atoms with van der Waals surface area (Å²) >= 11 is 0. The molecule has 5 rings (SSSR count). The van der Waals surface area contributed by atoms with Crippen LogP contribution in [0.4, 0.5) is 5.69 Å². The van der Waals surface area contributed by atoms with Gasteiger partial charge >= 0.3 is 5.91 Å². The van der Waals surface area contributed by atoms with Crippen molar-refractivity contribution in [3.8, 4) is 11.3 Å². The Hall–Kier alpha value is -4.72. The zero-order chi connectivity index (χ0) is 22.1. The molecule has 0 aliphatic heterocycles. The molecule has 32 heavy (non-hydrogen) atoms. The van der Waals surface area contributed by atoms with Gasteiger partial charge in [-0.2, -0.15) is 5.10 Å². The van der Waals surface area contributed by atoms with Crippen LogP contribution in [0.3, 0.4) is 0 Å². The van der Waals surface area contributed by atoms with Crippen molar-refractivity contribution in [2.75, 3.05) is 0 Å². The predicted octanol–water partition coefficient (Wildman–Crippen LogP) is 5.52. The smallest absolute Gasteiger partial charge is 0.307 e. The molecule has 0 radical (unpaired) electrons. The van der Waals surface area contributed by atoms with Crippen LogP contribution in [0.1, 0.15) is 16.3 Å². The molecule has 0 aliphatic rings. The number of hydrogen-bond acceptors (Lipinski definition) is 6. The molecule has 1 N–H and O–H groups in total.